The van der Waals surface area contributed by atoms with Crippen LogP contribution in [0.4, 0.5) is 5.69 Å². The van der Waals surface area contributed by atoms with Gasteiger partial charge < -0.3 is 13.9 Å². The number of hydrogen-bond acceptors (Lipinski definition) is 7. The van der Waals surface area contributed by atoms with Crippen LogP contribution in [0.3, 0.4) is 0 Å². The quantitative estimate of drug-likeness (QED) is 0.222. The van der Waals surface area contributed by atoms with Crippen molar-refractivity contribution < 1.29 is 28.4 Å². The molecule has 0 unspecified atom stereocenters. The van der Waals surface area contributed by atoms with Gasteiger partial charge in [0.1, 0.15) is 11.5 Å². The lowest BCUT2D eigenvalue weighted by Gasteiger charge is -2.04. The summed E-state index contributed by atoms with van der Waals surface area (Å²) < 4.78 is 15.8. The van der Waals surface area contributed by atoms with Gasteiger partial charge in [-0.1, -0.05) is 0 Å². The molecule has 0 spiro atoms. The van der Waals surface area contributed by atoms with Crippen LogP contribution in [-0.4, -0.2) is 16.7 Å². The van der Waals surface area contributed by atoms with Crippen LogP contribution in [0.25, 0.3) is 6.08 Å². The summed E-state index contributed by atoms with van der Waals surface area (Å²) in [6, 6.07) is 13.2. The summed E-state index contributed by atoms with van der Waals surface area (Å²) in [6.07, 6.45) is 2.84. The number of hydrogen-bond donors (Lipinski definition) is 0. The molecule has 28 heavy (non-hydrogen) atoms. The second kappa shape index (κ2) is 6.84. The Morgan fingerprint density at radius 1 is 1.11 bits per heavy atom. The average Bonchev–Trinajstić information content (AvgIpc) is 3.31. The van der Waals surface area contributed by atoms with E-state index in [0.29, 0.717) is 11.1 Å². The fraction of sp³-hybridized carbons (Fsp3) is 0. The molecule has 3 aromatic rings. The molecule has 0 radical (unpaired) electrons. The van der Waals surface area contributed by atoms with Gasteiger partial charge in [-0.15, -0.1) is 0 Å². The maximum atomic E-state index is 12.5. The Kier molecular flexibility index (Phi) is 4.21. The zero-order chi connectivity index (χ0) is 19.7. The number of carbonyl (C=O) groups is 2. The summed E-state index contributed by atoms with van der Waals surface area (Å²) in [5.41, 5.74) is 0.851. The predicted octanol–water partition coefficient (Wildman–Crippen LogP) is 4.02. The number of nitro benzene ring substituents is 1. The second-order valence-corrected chi connectivity index (χ2v) is 5.81. The maximum absolute atomic E-state index is 12.5. The van der Waals surface area contributed by atoms with Gasteiger partial charge in [0.15, 0.2) is 5.76 Å². The number of furan rings is 1. The monoisotopic (exact) mass is 377 g/mol. The van der Waals surface area contributed by atoms with Gasteiger partial charge in [-0.3, -0.25) is 14.9 Å². The van der Waals surface area contributed by atoms with Crippen LogP contribution in [0.2, 0.25) is 0 Å². The van der Waals surface area contributed by atoms with Crippen LogP contribution in [-0.2, 0) is 0 Å². The summed E-state index contributed by atoms with van der Waals surface area (Å²) in [5.74, 6) is -0.435. The van der Waals surface area contributed by atoms with Gasteiger partial charge in [-0.25, -0.2) is 4.79 Å². The highest BCUT2D eigenvalue weighted by atomic mass is 16.6. The molecule has 2 heterocycles. The number of fused-ring (bicyclic) bond motifs is 1. The summed E-state index contributed by atoms with van der Waals surface area (Å²) in [6.45, 7) is 0. The second-order valence-electron chi connectivity index (χ2n) is 5.81. The number of allylic oxidation sites excluding steroid dienone is 1. The van der Waals surface area contributed by atoms with Crippen molar-refractivity contribution in [3.05, 3.63) is 93.6 Å². The van der Waals surface area contributed by atoms with Gasteiger partial charge in [0.05, 0.1) is 16.7 Å². The third kappa shape index (κ3) is 3.26. The van der Waals surface area contributed by atoms with Gasteiger partial charge >= 0.3 is 5.97 Å². The molecule has 4 rings (SSSR count). The number of nitrogens with zero attached hydrogens (tertiary/aromatic N) is 1. The molecule has 8 nitrogen and oxygen atoms in total. The van der Waals surface area contributed by atoms with E-state index in [0.717, 1.165) is 0 Å². The smallest absolute Gasteiger partial charge is 0.379 e. The van der Waals surface area contributed by atoms with Crippen LogP contribution in [0.15, 0.2) is 71.0 Å². The van der Waals surface area contributed by atoms with Gasteiger partial charge in [-0.05, 0) is 48.0 Å². The van der Waals surface area contributed by atoms with Gasteiger partial charge in [0.25, 0.3) is 5.69 Å². The van der Waals surface area contributed by atoms with E-state index in [1.807, 2.05) is 0 Å². The third-order valence-electron chi connectivity index (χ3n) is 3.98. The minimum absolute atomic E-state index is 0.0490. The van der Waals surface area contributed by atoms with E-state index in [1.165, 1.54) is 60.9 Å². The lowest BCUT2D eigenvalue weighted by atomic mass is 10.1. The van der Waals surface area contributed by atoms with Crippen molar-refractivity contribution in [2.75, 3.05) is 0 Å². The van der Waals surface area contributed by atoms with Crippen molar-refractivity contribution in [3.8, 4) is 11.5 Å². The highest BCUT2D eigenvalue weighted by Gasteiger charge is 2.28. The lowest BCUT2D eigenvalue weighted by Crippen LogP contribution is -2.07. The number of Topliss-reactive ketones (excluding diaryl/α,β-unsaturated/α-hetero) is 1. The topological polar surface area (TPSA) is 109 Å². The summed E-state index contributed by atoms with van der Waals surface area (Å²) in [4.78, 5) is 34.6. The van der Waals surface area contributed by atoms with Gasteiger partial charge in [-0.2, -0.15) is 0 Å². The first-order valence-corrected chi connectivity index (χ1v) is 8.10. The van der Waals surface area contributed by atoms with Crippen LogP contribution in [0, 0.1) is 10.1 Å². The standard InChI is InChI=1S/C20H11NO7/c22-19-15-8-7-14(27-20(23)16-2-1-9-26-16)11-17(15)28-18(19)10-12-3-5-13(6-4-12)21(24)25/h1-11H/b18-10+. The van der Waals surface area contributed by atoms with Crippen LogP contribution >= 0.6 is 0 Å². The van der Waals surface area contributed by atoms with E-state index in [1.54, 1.807) is 6.07 Å². The number of benzene rings is 2. The Labute approximate surface area is 157 Å². The van der Waals surface area contributed by atoms with Crippen molar-refractivity contribution in [3.63, 3.8) is 0 Å². The van der Waals surface area contributed by atoms with Crippen LogP contribution < -0.4 is 9.47 Å². The number of ketones is 1. The average molecular weight is 377 g/mol. The maximum Gasteiger partial charge on any atom is 0.379 e. The highest BCUT2D eigenvalue weighted by Crippen LogP contribution is 2.35. The summed E-state index contributed by atoms with van der Waals surface area (Å²) in [7, 11) is 0. The molecule has 1 aromatic heterocycles. The number of carbonyl (C=O) groups excluding carboxylic acids is 2. The molecule has 1 aliphatic rings. The molecule has 138 valence electrons. The number of esters is 1. The molecule has 0 aliphatic carbocycles. The Morgan fingerprint density at radius 3 is 2.57 bits per heavy atom. The van der Waals surface area contributed by atoms with Crippen molar-refractivity contribution >= 4 is 23.5 Å². The van der Waals surface area contributed by atoms with Crippen molar-refractivity contribution in [2.45, 2.75) is 0 Å². The van der Waals surface area contributed by atoms with Gasteiger partial charge in [0, 0.05) is 18.2 Å². The van der Waals surface area contributed by atoms with Gasteiger partial charge in [0.2, 0.25) is 11.5 Å². The summed E-state index contributed by atoms with van der Waals surface area (Å²) >= 11 is 0. The summed E-state index contributed by atoms with van der Waals surface area (Å²) in [5, 5.41) is 10.7. The molecule has 0 saturated heterocycles. The fourth-order valence-electron chi connectivity index (χ4n) is 2.63. The zero-order valence-electron chi connectivity index (χ0n) is 14.2. The van der Waals surface area contributed by atoms with Crippen LogP contribution in [0.5, 0.6) is 11.5 Å². The van der Waals surface area contributed by atoms with E-state index >= 15 is 0 Å². The first kappa shape index (κ1) is 17.2. The lowest BCUT2D eigenvalue weighted by molar-refractivity contribution is -0.384. The van der Waals surface area contributed by atoms with E-state index in [2.05, 4.69) is 0 Å². The van der Waals surface area contributed by atoms with E-state index < -0.39 is 10.9 Å². The zero-order valence-corrected chi connectivity index (χ0v) is 14.2. The van der Waals surface area contributed by atoms with E-state index in [4.69, 9.17) is 13.9 Å². The minimum atomic E-state index is -0.670. The first-order valence-electron chi connectivity index (χ1n) is 8.10. The Bertz CT molecular complexity index is 1110. The SMILES string of the molecule is O=C(Oc1ccc2c(c1)O/C(=C/c1ccc([N+](=O)[O-])cc1)C2=O)c1ccco1. The molecular formula is C20H11NO7. The minimum Gasteiger partial charge on any atom is -0.457 e. The fourth-order valence-corrected chi connectivity index (χ4v) is 2.63. The number of non-ortho nitro benzene ring substituents is 1. The normalized spacial score (nSPS) is 13.9. The predicted molar refractivity (Wildman–Crippen MR) is 96.1 cm³/mol. The molecule has 0 N–H and O–H groups in total. The number of nitro groups is 1. The first-order chi connectivity index (χ1) is 13.5. The number of ether oxygens (including phenoxy) is 2. The largest absolute Gasteiger partial charge is 0.457 e. The molecule has 0 amide bonds. The van der Waals surface area contributed by atoms with Crippen molar-refractivity contribution in [2.24, 2.45) is 0 Å². The molecule has 0 fully saturated rings. The molecular weight excluding hydrogens is 366 g/mol. The Morgan fingerprint density at radius 2 is 1.89 bits per heavy atom. The van der Waals surface area contributed by atoms with Crippen molar-refractivity contribution in [1.29, 1.82) is 0 Å². The molecule has 1 aliphatic heterocycles. The van der Waals surface area contributed by atoms with Crippen molar-refractivity contribution in [1.82, 2.24) is 0 Å². The third-order valence-corrected chi connectivity index (χ3v) is 3.98. The Hall–Kier alpha value is -4.20. The molecule has 0 atom stereocenters. The molecule has 0 saturated carbocycles. The van der Waals surface area contributed by atoms with E-state index in [9.17, 15) is 19.7 Å². The Balaban J connectivity index is 1.54. The van der Waals surface area contributed by atoms with Crippen LogP contribution in [0.1, 0.15) is 26.5 Å². The molecule has 0 bridgehead atoms. The molecule has 2 aromatic carbocycles. The highest BCUT2D eigenvalue weighted by molar-refractivity contribution is 6.14. The number of rotatable bonds is 4. The molecule has 8 heteroatoms. The van der Waals surface area contributed by atoms with E-state index in [-0.39, 0.29) is 34.5 Å².